The Morgan fingerprint density at radius 2 is 1.96 bits per heavy atom. The molecule has 0 radical (unpaired) electrons. The molecular weight excluding hydrogens is 365 g/mol. The third kappa shape index (κ3) is 4.80. The number of fused-ring (bicyclic) bond motifs is 1. The van der Waals surface area contributed by atoms with Crippen LogP contribution < -0.4 is 16.0 Å². The number of benzene rings is 2. The van der Waals surface area contributed by atoms with Crippen molar-refractivity contribution in [1.82, 2.24) is 10.6 Å². The van der Waals surface area contributed by atoms with Gasteiger partial charge in [-0.1, -0.05) is 12.1 Å². The Morgan fingerprint density at radius 1 is 1.19 bits per heavy atom. The monoisotopic (exact) mass is 387 g/mol. The summed E-state index contributed by atoms with van der Waals surface area (Å²) >= 11 is 1.66. The third-order valence-electron chi connectivity index (χ3n) is 4.16. The Kier molecular flexibility index (Phi) is 6.01. The van der Waals surface area contributed by atoms with Crippen molar-refractivity contribution in [3.8, 4) is 0 Å². The van der Waals surface area contributed by atoms with Crippen LogP contribution in [-0.4, -0.2) is 23.7 Å². The number of rotatable bonds is 4. The number of hydrogen-bond donors (Lipinski definition) is 3. The lowest BCUT2D eigenvalue weighted by atomic mass is 10.0. The first kappa shape index (κ1) is 19.2. The molecule has 0 saturated carbocycles. The second-order valence-electron chi connectivity index (χ2n) is 6.64. The molecule has 0 bridgehead atoms. The third-order valence-corrected chi connectivity index (χ3v) is 5.28. The summed E-state index contributed by atoms with van der Waals surface area (Å²) in [6, 6.07) is 10.8. The Hall–Kier alpha value is -2.54. The van der Waals surface area contributed by atoms with E-state index < -0.39 is 0 Å². The van der Waals surface area contributed by atoms with E-state index in [1.54, 1.807) is 42.1 Å². The average molecular weight is 387 g/mol. The molecule has 3 N–H and O–H groups in total. The lowest BCUT2D eigenvalue weighted by molar-refractivity contribution is 0.0935. The van der Waals surface area contributed by atoms with E-state index in [2.05, 4.69) is 16.0 Å². The smallest absolute Gasteiger partial charge is 0.319 e. The van der Waals surface area contributed by atoms with Gasteiger partial charge >= 0.3 is 6.03 Å². The van der Waals surface area contributed by atoms with Crippen molar-refractivity contribution < 1.29 is 14.0 Å². The summed E-state index contributed by atoms with van der Waals surface area (Å²) in [6.07, 6.45) is 0.719. The van der Waals surface area contributed by atoms with Crippen LogP contribution in [0.15, 0.2) is 47.4 Å². The van der Waals surface area contributed by atoms with Crippen LogP contribution in [0.5, 0.6) is 0 Å². The van der Waals surface area contributed by atoms with E-state index in [9.17, 15) is 14.0 Å². The van der Waals surface area contributed by atoms with Gasteiger partial charge in [0.05, 0.1) is 17.3 Å². The van der Waals surface area contributed by atoms with Crippen LogP contribution in [0.3, 0.4) is 0 Å². The molecule has 5 nitrogen and oxygen atoms in total. The van der Waals surface area contributed by atoms with Crippen LogP contribution >= 0.6 is 11.8 Å². The number of thioether (sulfide) groups is 1. The first-order valence-corrected chi connectivity index (χ1v) is 9.82. The molecule has 27 heavy (non-hydrogen) atoms. The Bertz CT molecular complexity index is 857. The lowest BCUT2D eigenvalue weighted by Crippen LogP contribution is -2.35. The molecule has 2 aromatic carbocycles. The topological polar surface area (TPSA) is 70.2 Å². The maximum Gasteiger partial charge on any atom is 0.319 e. The maximum atomic E-state index is 13.7. The molecule has 0 spiro atoms. The van der Waals surface area contributed by atoms with Crippen molar-refractivity contribution >= 4 is 29.4 Å². The van der Waals surface area contributed by atoms with Crippen molar-refractivity contribution in [2.75, 3.05) is 11.1 Å². The fraction of sp³-hybridized carbons (Fsp3) is 0.300. The van der Waals surface area contributed by atoms with Crippen LogP contribution in [0, 0.1) is 5.82 Å². The maximum absolute atomic E-state index is 13.7. The quantitative estimate of drug-likeness (QED) is 0.732. The number of amides is 3. The molecule has 1 heterocycles. The number of carbonyl (C=O) groups excluding carboxylic acids is 2. The van der Waals surface area contributed by atoms with Gasteiger partial charge in [-0.3, -0.25) is 4.79 Å². The Morgan fingerprint density at radius 3 is 2.74 bits per heavy atom. The highest BCUT2D eigenvalue weighted by Gasteiger charge is 2.24. The SMILES string of the molecule is CC(C)NC(=O)Nc1ccccc1C(=O)NC1CCSc2ccc(F)cc21. The highest BCUT2D eigenvalue weighted by Crippen LogP contribution is 2.36. The number of nitrogens with one attached hydrogen (secondary N) is 3. The Labute approximate surface area is 162 Å². The first-order chi connectivity index (χ1) is 12.9. The fourth-order valence-corrected chi connectivity index (χ4v) is 4.07. The number of carbonyl (C=O) groups is 2. The molecule has 0 aromatic heterocycles. The van der Waals surface area contributed by atoms with Crippen LogP contribution in [0.1, 0.15) is 42.2 Å². The van der Waals surface area contributed by atoms with Crippen molar-refractivity contribution in [2.45, 2.75) is 37.2 Å². The highest BCUT2D eigenvalue weighted by atomic mass is 32.2. The summed E-state index contributed by atoms with van der Waals surface area (Å²) in [6.45, 7) is 3.71. The van der Waals surface area contributed by atoms with Gasteiger partial charge in [-0.15, -0.1) is 11.8 Å². The number of para-hydroxylation sites is 1. The van der Waals surface area contributed by atoms with Gasteiger partial charge in [-0.05, 0) is 56.2 Å². The minimum Gasteiger partial charge on any atom is -0.345 e. The minimum absolute atomic E-state index is 0.0166. The molecule has 1 atom stereocenters. The summed E-state index contributed by atoms with van der Waals surface area (Å²) in [7, 11) is 0. The molecule has 0 saturated heterocycles. The zero-order valence-electron chi connectivity index (χ0n) is 15.2. The van der Waals surface area contributed by atoms with Gasteiger partial charge in [0.15, 0.2) is 0 Å². The summed E-state index contributed by atoms with van der Waals surface area (Å²) in [5, 5.41) is 8.43. The van der Waals surface area contributed by atoms with Crippen LogP contribution in [0.4, 0.5) is 14.9 Å². The van der Waals surface area contributed by atoms with Gasteiger partial charge in [0.2, 0.25) is 0 Å². The minimum atomic E-state index is -0.369. The molecule has 1 unspecified atom stereocenters. The van der Waals surface area contributed by atoms with Crippen molar-refractivity contribution in [3.05, 3.63) is 59.4 Å². The van der Waals surface area contributed by atoms with Crippen LogP contribution in [0.25, 0.3) is 0 Å². The molecule has 7 heteroatoms. The van der Waals surface area contributed by atoms with E-state index in [1.807, 2.05) is 13.8 Å². The Balaban J connectivity index is 1.78. The van der Waals surface area contributed by atoms with Gasteiger partial charge in [0, 0.05) is 16.7 Å². The molecule has 0 fully saturated rings. The number of halogens is 1. The summed E-state index contributed by atoms with van der Waals surface area (Å²) in [4.78, 5) is 25.8. The molecular formula is C20H22FN3O2S. The summed E-state index contributed by atoms with van der Waals surface area (Å²) in [5.74, 6) is 0.228. The molecule has 2 aromatic rings. The molecule has 3 amide bonds. The number of hydrogen-bond acceptors (Lipinski definition) is 3. The van der Waals surface area contributed by atoms with Gasteiger partial charge in [-0.25, -0.2) is 9.18 Å². The second-order valence-corrected chi connectivity index (χ2v) is 7.78. The van der Waals surface area contributed by atoms with Crippen LogP contribution in [0.2, 0.25) is 0 Å². The number of urea groups is 1. The fourth-order valence-electron chi connectivity index (χ4n) is 2.96. The van der Waals surface area contributed by atoms with E-state index in [-0.39, 0.29) is 29.8 Å². The zero-order valence-corrected chi connectivity index (χ0v) is 16.0. The summed E-state index contributed by atoms with van der Waals surface area (Å²) in [5.41, 5.74) is 1.59. The van der Waals surface area contributed by atoms with E-state index >= 15 is 0 Å². The molecule has 1 aliphatic heterocycles. The van der Waals surface area contributed by atoms with Crippen molar-refractivity contribution in [1.29, 1.82) is 0 Å². The van der Waals surface area contributed by atoms with E-state index in [0.29, 0.717) is 11.3 Å². The van der Waals surface area contributed by atoms with Crippen LogP contribution in [-0.2, 0) is 0 Å². The standard InChI is InChI=1S/C20H22FN3O2S/c1-12(2)22-20(26)24-16-6-4-3-5-14(16)19(25)23-17-9-10-27-18-8-7-13(21)11-15(17)18/h3-8,11-12,17H,9-10H2,1-2H3,(H,23,25)(H2,22,24,26). The zero-order chi connectivity index (χ0) is 19.4. The summed E-state index contributed by atoms with van der Waals surface area (Å²) < 4.78 is 13.7. The second kappa shape index (κ2) is 8.43. The normalized spacial score (nSPS) is 15.8. The van der Waals surface area contributed by atoms with Crippen molar-refractivity contribution in [3.63, 3.8) is 0 Å². The van der Waals surface area contributed by atoms with E-state index in [4.69, 9.17) is 0 Å². The predicted octanol–water partition coefficient (Wildman–Crippen LogP) is 4.32. The number of anilines is 1. The van der Waals surface area contributed by atoms with Gasteiger partial charge in [0.1, 0.15) is 5.82 Å². The van der Waals surface area contributed by atoms with Gasteiger partial charge in [0.25, 0.3) is 5.91 Å². The largest absolute Gasteiger partial charge is 0.345 e. The van der Waals surface area contributed by atoms with Gasteiger partial charge < -0.3 is 16.0 Å². The van der Waals surface area contributed by atoms with E-state index in [1.165, 1.54) is 12.1 Å². The lowest BCUT2D eigenvalue weighted by Gasteiger charge is -2.26. The van der Waals surface area contributed by atoms with Gasteiger partial charge in [-0.2, -0.15) is 0 Å². The molecule has 1 aliphatic rings. The van der Waals surface area contributed by atoms with Crippen molar-refractivity contribution in [2.24, 2.45) is 0 Å². The molecule has 142 valence electrons. The molecule has 0 aliphatic carbocycles. The average Bonchev–Trinajstić information content (AvgIpc) is 2.62. The van der Waals surface area contributed by atoms with E-state index in [0.717, 1.165) is 22.6 Å². The predicted molar refractivity (Wildman–Crippen MR) is 106 cm³/mol. The highest BCUT2D eigenvalue weighted by molar-refractivity contribution is 7.99. The first-order valence-electron chi connectivity index (χ1n) is 8.83. The molecule has 3 rings (SSSR count).